The predicted octanol–water partition coefficient (Wildman–Crippen LogP) is 2.63. The molecule has 1 aromatic carbocycles. The van der Waals surface area contributed by atoms with Crippen molar-refractivity contribution in [2.75, 3.05) is 26.2 Å². The number of likely N-dealkylation sites (tertiary alicyclic amines) is 1. The first-order valence-corrected chi connectivity index (χ1v) is 7.79. The van der Waals surface area contributed by atoms with Crippen molar-refractivity contribution in [1.29, 1.82) is 0 Å². The zero-order valence-electron chi connectivity index (χ0n) is 12.9. The summed E-state index contributed by atoms with van der Waals surface area (Å²) < 4.78 is 5.85. The van der Waals surface area contributed by atoms with E-state index in [9.17, 15) is 0 Å². The molecule has 0 atom stereocenters. The van der Waals surface area contributed by atoms with E-state index in [0.717, 1.165) is 52.0 Å². The van der Waals surface area contributed by atoms with Gasteiger partial charge in [-0.25, -0.2) is 0 Å². The molecular weight excluding hydrogens is 248 g/mol. The van der Waals surface area contributed by atoms with Crippen molar-refractivity contribution in [1.82, 2.24) is 4.90 Å². The Morgan fingerprint density at radius 3 is 2.65 bits per heavy atom. The molecule has 1 aromatic rings. The van der Waals surface area contributed by atoms with Gasteiger partial charge in [0.25, 0.3) is 0 Å². The molecule has 2 rings (SSSR count). The molecular formula is C17H28N2O. The molecule has 20 heavy (non-hydrogen) atoms. The van der Waals surface area contributed by atoms with Gasteiger partial charge in [-0.1, -0.05) is 23.8 Å². The van der Waals surface area contributed by atoms with E-state index in [0.29, 0.717) is 6.10 Å². The number of piperidine rings is 1. The first kappa shape index (κ1) is 15.5. The standard InChI is InChI=1S/C17H28N2O/c1-14-4-5-16(15(2)12-14)13-19-9-6-17(7-10-19)20-11-3-8-18/h4-5,12,17H,3,6-11,13,18H2,1-2H3. The molecule has 0 aliphatic carbocycles. The molecule has 1 heterocycles. The van der Waals surface area contributed by atoms with Crippen LogP contribution in [0.2, 0.25) is 0 Å². The lowest BCUT2D eigenvalue weighted by Gasteiger charge is -2.32. The third-order valence-corrected chi connectivity index (χ3v) is 4.13. The van der Waals surface area contributed by atoms with Crippen LogP contribution in [0.25, 0.3) is 0 Å². The van der Waals surface area contributed by atoms with Crippen LogP contribution >= 0.6 is 0 Å². The van der Waals surface area contributed by atoms with Crippen molar-refractivity contribution in [3.63, 3.8) is 0 Å². The lowest BCUT2D eigenvalue weighted by Crippen LogP contribution is -2.36. The first-order valence-electron chi connectivity index (χ1n) is 7.79. The maximum absolute atomic E-state index is 5.85. The maximum atomic E-state index is 5.85. The van der Waals surface area contributed by atoms with Crippen molar-refractivity contribution in [3.8, 4) is 0 Å². The fraction of sp³-hybridized carbons (Fsp3) is 0.647. The zero-order chi connectivity index (χ0) is 14.4. The van der Waals surface area contributed by atoms with Crippen LogP contribution in [0.15, 0.2) is 18.2 Å². The van der Waals surface area contributed by atoms with Crippen molar-refractivity contribution in [2.24, 2.45) is 5.73 Å². The number of hydrogen-bond acceptors (Lipinski definition) is 3. The largest absolute Gasteiger partial charge is 0.378 e. The number of benzene rings is 1. The molecule has 112 valence electrons. The van der Waals surface area contributed by atoms with Gasteiger partial charge in [0, 0.05) is 26.2 Å². The summed E-state index contributed by atoms with van der Waals surface area (Å²) in [6.45, 7) is 9.26. The summed E-state index contributed by atoms with van der Waals surface area (Å²) in [5.74, 6) is 0. The van der Waals surface area contributed by atoms with Gasteiger partial charge < -0.3 is 10.5 Å². The Kier molecular flexibility index (Phi) is 6.02. The zero-order valence-corrected chi connectivity index (χ0v) is 12.9. The van der Waals surface area contributed by atoms with Crippen LogP contribution in [0, 0.1) is 13.8 Å². The maximum Gasteiger partial charge on any atom is 0.0599 e. The SMILES string of the molecule is Cc1ccc(CN2CCC(OCCCN)CC2)c(C)c1. The van der Waals surface area contributed by atoms with E-state index in [1.54, 1.807) is 0 Å². The van der Waals surface area contributed by atoms with Gasteiger partial charge >= 0.3 is 0 Å². The highest BCUT2D eigenvalue weighted by Gasteiger charge is 2.19. The van der Waals surface area contributed by atoms with Crippen LogP contribution in [-0.4, -0.2) is 37.2 Å². The van der Waals surface area contributed by atoms with Crippen molar-refractivity contribution in [2.45, 2.75) is 45.8 Å². The minimum absolute atomic E-state index is 0.442. The second-order valence-corrected chi connectivity index (χ2v) is 5.92. The van der Waals surface area contributed by atoms with Crippen LogP contribution in [-0.2, 0) is 11.3 Å². The molecule has 0 radical (unpaired) electrons. The third-order valence-electron chi connectivity index (χ3n) is 4.13. The highest BCUT2D eigenvalue weighted by Crippen LogP contribution is 2.18. The summed E-state index contributed by atoms with van der Waals surface area (Å²) >= 11 is 0. The minimum Gasteiger partial charge on any atom is -0.378 e. The van der Waals surface area contributed by atoms with E-state index in [1.807, 2.05) is 0 Å². The molecule has 0 aromatic heterocycles. The lowest BCUT2D eigenvalue weighted by molar-refractivity contribution is 0.00560. The molecule has 0 spiro atoms. The van der Waals surface area contributed by atoms with Gasteiger partial charge in [-0.15, -0.1) is 0 Å². The monoisotopic (exact) mass is 276 g/mol. The highest BCUT2D eigenvalue weighted by molar-refractivity contribution is 5.30. The van der Waals surface area contributed by atoms with Crippen molar-refractivity contribution in [3.05, 3.63) is 34.9 Å². The van der Waals surface area contributed by atoms with Crippen LogP contribution in [0.3, 0.4) is 0 Å². The average Bonchev–Trinajstić information content (AvgIpc) is 2.44. The van der Waals surface area contributed by atoms with Crippen molar-refractivity contribution < 1.29 is 4.74 Å². The Hall–Kier alpha value is -0.900. The molecule has 0 bridgehead atoms. The summed E-state index contributed by atoms with van der Waals surface area (Å²) in [6, 6.07) is 6.76. The van der Waals surface area contributed by atoms with E-state index in [4.69, 9.17) is 10.5 Å². The third kappa shape index (κ3) is 4.58. The molecule has 0 unspecified atom stereocenters. The van der Waals surface area contributed by atoms with E-state index in [-0.39, 0.29) is 0 Å². The molecule has 1 fully saturated rings. The van der Waals surface area contributed by atoms with Crippen LogP contribution in [0.4, 0.5) is 0 Å². The van der Waals surface area contributed by atoms with Gasteiger partial charge in [0.05, 0.1) is 6.10 Å². The fourth-order valence-corrected chi connectivity index (χ4v) is 2.83. The Labute approximate surface area is 123 Å². The molecule has 0 saturated carbocycles. The molecule has 1 aliphatic heterocycles. The Bertz CT molecular complexity index is 411. The Morgan fingerprint density at radius 1 is 1.25 bits per heavy atom. The van der Waals surface area contributed by atoms with Crippen LogP contribution in [0.1, 0.15) is 36.0 Å². The molecule has 0 amide bonds. The molecule has 3 heteroatoms. The van der Waals surface area contributed by atoms with E-state index in [1.165, 1.54) is 16.7 Å². The minimum atomic E-state index is 0.442. The summed E-state index contributed by atoms with van der Waals surface area (Å²) in [4.78, 5) is 2.54. The number of hydrogen-bond donors (Lipinski definition) is 1. The van der Waals surface area contributed by atoms with Gasteiger partial charge in [-0.2, -0.15) is 0 Å². The van der Waals surface area contributed by atoms with Crippen LogP contribution < -0.4 is 5.73 Å². The van der Waals surface area contributed by atoms with Crippen LogP contribution in [0.5, 0.6) is 0 Å². The lowest BCUT2D eigenvalue weighted by atomic mass is 10.0. The number of nitrogens with zero attached hydrogens (tertiary/aromatic N) is 1. The van der Waals surface area contributed by atoms with E-state index < -0.39 is 0 Å². The number of nitrogens with two attached hydrogens (primary N) is 1. The van der Waals surface area contributed by atoms with Gasteiger partial charge in [0.1, 0.15) is 0 Å². The van der Waals surface area contributed by atoms with Gasteiger partial charge in [0.2, 0.25) is 0 Å². The second kappa shape index (κ2) is 7.77. The normalized spacial score (nSPS) is 17.6. The Morgan fingerprint density at radius 2 is 2.00 bits per heavy atom. The number of aryl methyl sites for hydroxylation is 2. The molecule has 1 aliphatic rings. The molecule has 3 nitrogen and oxygen atoms in total. The van der Waals surface area contributed by atoms with E-state index in [2.05, 4.69) is 36.9 Å². The number of rotatable bonds is 6. The highest BCUT2D eigenvalue weighted by atomic mass is 16.5. The summed E-state index contributed by atoms with van der Waals surface area (Å²) in [6.07, 6.45) is 3.71. The van der Waals surface area contributed by atoms with Crippen molar-refractivity contribution >= 4 is 0 Å². The molecule has 1 saturated heterocycles. The topological polar surface area (TPSA) is 38.5 Å². The van der Waals surface area contributed by atoms with E-state index >= 15 is 0 Å². The van der Waals surface area contributed by atoms with Gasteiger partial charge in [0.15, 0.2) is 0 Å². The Balaban J connectivity index is 1.76. The van der Waals surface area contributed by atoms with Gasteiger partial charge in [-0.05, 0) is 50.8 Å². The first-order chi connectivity index (χ1) is 9.69. The summed E-state index contributed by atoms with van der Waals surface area (Å²) in [5.41, 5.74) is 9.70. The number of ether oxygens (including phenoxy) is 1. The summed E-state index contributed by atoms with van der Waals surface area (Å²) in [7, 11) is 0. The smallest absolute Gasteiger partial charge is 0.0599 e. The predicted molar refractivity (Wildman–Crippen MR) is 83.8 cm³/mol. The fourth-order valence-electron chi connectivity index (χ4n) is 2.83. The van der Waals surface area contributed by atoms with Gasteiger partial charge in [-0.3, -0.25) is 4.90 Å². The summed E-state index contributed by atoms with van der Waals surface area (Å²) in [5, 5.41) is 0. The second-order valence-electron chi connectivity index (χ2n) is 5.92. The quantitative estimate of drug-likeness (QED) is 0.812. The molecule has 2 N–H and O–H groups in total. The average molecular weight is 276 g/mol.